The van der Waals surface area contributed by atoms with Gasteiger partial charge in [-0.3, -0.25) is 0 Å². The van der Waals surface area contributed by atoms with Crippen LogP contribution in [0.4, 0.5) is 0 Å². The predicted octanol–water partition coefficient (Wildman–Crippen LogP) is 0.0442. The van der Waals surface area contributed by atoms with Gasteiger partial charge in [-0.25, -0.2) is 17.5 Å². The maximum atomic E-state index is 11.9. The molecular weight excluding hydrogens is 246 g/mol. The number of ether oxygens (including phenoxy) is 1. The van der Waals surface area contributed by atoms with Crippen LogP contribution < -0.4 is 0 Å². The van der Waals surface area contributed by atoms with Crippen molar-refractivity contribution >= 4 is 16.0 Å². The maximum Gasteiger partial charge on any atom is 0.329 e. The molecule has 2 aliphatic rings. The molecule has 17 heavy (non-hydrogen) atoms. The summed E-state index contributed by atoms with van der Waals surface area (Å²) >= 11 is 0. The Morgan fingerprint density at radius 1 is 1.24 bits per heavy atom. The molecule has 0 amide bonds. The van der Waals surface area contributed by atoms with Crippen LogP contribution in [0.15, 0.2) is 0 Å². The Bertz CT molecular complexity index is 382. The number of hydrogen-bond acceptors (Lipinski definition) is 4. The minimum atomic E-state index is -3.08. The van der Waals surface area contributed by atoms with Gasteiger partial charge < -0.3 is 9.84 Å². The summed E-state index contributed by atoms with van der Waals surface area (Å²) in [7, 11) is -3.08. The summed E-state index contributed by atoms with van der Waals surface area (Å²) in [5.74, 6) is -0.988. The molecule has 1 saturated carbocycles. The van der Waals surface area contributed by atoms with Crippen LogP contribution in [-0.2, 0) is 19.6 Å². The Kier molecular flexibility index (Phi) is 3.70. The first-order valence-electron chi connectivity index (χ1n) is 5.82. The number of rotatable bonds is 5. The van der Waals surface area contributed by atoms with Gasteiger partial charge in [-0.2, -0.15) is 0 Å². The van der Waals surface area contributed by atoms with Gasteiger partial charge in [0.2, 0.25) is 10.0 Å². The highest BCUT2D eigenvalue weighted by Crippen LogP contribution is 2.32. The molecule has 98 valence electrons. The Morgan fingerprint density at radius 3 is 2.29 bits per heavy atom. The summed E-state index contributed by atoms with van der Waals surface area (Å²) in [6.45, 7) is 0.590. The predicted molar refractivity (Wildman–Crippen MR) is 60.1 cm³/mol. The second-order valence-electron chi connectivity index (χ2n) is 4.55. The molecule has 0 aromatic carbocycles. The number of carboxylic acids is 1. The van der Waals surface area contributed by atoms with Gasteiger partial charge in [-0.1, -0.05) is 0 Å². The molecule has 0 bridgehead atoms. The van der Waals surface area contributed by atoms with Crippen molar-refractivity contribution in [3.63, 3.8) is 0 Å². The van der Waals surface area contributed by atoms with Gasteiger partial charge in [0.1, 0.15) is 6.61 Å². The van der Waals surface area contributed by atoms with Crippen LogP contribution in [0.3, 0.4) is 0 Å². The second kappa shape index (κ2) is 4.91. The van der Waals surface area contributed by atoms with E-state index < -0.39 is 16.0 Å². The molecular formula is C10H17NO5S. The number of carboxylic acid groups (broad SMARTS) is 1. The molecule has 2 rings (SSSR count). The summed E-state index contributed by atoms with van der Waals surface area (Å²) in [6, 6.07) is 0. The van der Waals surface area contributed by atoms with E-state index in [1.807, 2.05) is 0 Å². The number of hydrogen-bond donors (Lipinski definition) is 1. The van der Waals surface area contributed by atoms with Gasteiger partial charge in [0.25, 0.3) is 0 Å². The zero-order valence-electron chi connectivity index (χ0n) is 9.54. The zero-order chi connectivity index (χ0) is 12.5. The first-order valence-corrected chi connectivity index (χ1v) is 7.33. The van der Waals surface area contributed by atoms with Gasteiger partial charge in [-0.05, 0) is 25.7 Å². The standard InChI is InChI=1S/C10H17NO5S/c12-10(13)7-16-8-3-5-11(6-4-8)17(14,15)9-1-2-9/h8-9H,1-7H2,(H,12,13). The molecule has 0 aromatic heterocycles. The van der Waals surface area contributed by atoms with Crippen LogP contribution in [0.25, 0.3) is 0 Å². The minimum Gasteiger partial charge on any atom is -0.480 e. The molecule has 2 fully saturated rings. The molecule has 0 radical (unpaired) electrons. The molecule has 0 spiro atoms. The van der Waals surface area contributed by atoms with E-state index in [2.05, 4.69) is 0 Å². The van der Waals surface area contributed by atoms with E-state index in [4.69, 9.17) is 9.84 Å². The summed E-state index contributed by atoms with van der Waals surface area (Å²) in [4.78, 5) is 10.3. The quantitative estimate of drug-likeness (QED) is 0.757. The smallest absolute Gasteiger partial charge is 0.329 e. The molecule has 6 nitrogen and oxygen atoms in total. The van der Waals surface area contributed by atoms with E-state index in [1.54, 1.807) is 0 Å². The molecule has 7 heteroatoms. The first kappa shape index (κ1) is 12.8. The lowest BCUT2D eigenvalue weighted by molar-refractivity contribution is -0.145. The lowest BCUT2D eigenvalue weighted by Gasteiger charge is -2.30. The molecule has 0 unspecified atom stereocenters. The summed E-state index contributed by atoms with van der Waals surface area (Å²) in [5, 5.41) is 8.31. The highest BCUT2D eigenvalue weighted by molar-refractivity contribution is 7.90. The highest BCUT2D eigenvalue weighted by atomic mass is 32.2. The summed E-state index contributed by atoms with van der Waals surface area (Å²) in [5.41, 5.74) is 0. The molecule has 1 aliphatic heterocycles. The number of aliphatic carboxylic acids is 1. The molecule has 1 N–H and O–H groups in total. The molecule has 0 aromatic rings. The monoisotopic (exact) mass is 263 g/mol. The first-order chi connectivity index (χ1) is 8.00. The van der Waals surface area contributed by atoms with Crippen LogP contribution in [0.2, 0.25) is 0 Å². The highest BCUT2D eigenvalue weighted by Gasteiger charge is 2.41. The molecule has 0 atom stereocenters. The van der Waals surface area contributed by atoms with E-state index >= 15 is 0 Å². The lowest BCUT2D eigenvalue weighted by Crippen LogP contribution is -2.42. The van der Waals surface area contributed by atoms with Crippen molar-refractivity contribution in [3.05, 3.63) is 0 Å². The number of sulfonamides is 1. The number of carbonyl (C=O) groups is 1. The van der Waals surface area contributed by atoms with Gasteiger partial charge in [0.15, 0.2) is 0 Å². The normalized spacial score (nSPS) is 23.8. The van der Waals surface area contributed by atoms with E-state index in [0.29, 0.717) is 25.9 Å². The molecule has 1 heterocycles. The second-order valence-corrected chi connectivity index (χ2v) is 6.76. The van der Waals surface area contributed by atoms with E-state index in [9.17, 15) is 13.2 Å². The Morgan fingerprint density at radius 2 is 1.82 bits per heavy atom. The van der Waals surface area contributed by atoms with Crippen molar-refractivity contribution in [2.75, 3.05) is 19.7 Å². The van der Waals surface area contributed by atoms with Crippen LogP contribution >= 0.6 is 0 Å². The van der Waals surface area contributed by atoms with Crippen LogP contribution in [-0.4, -0.2) is 54.8 Å². The zero-order valence-corrected chi connectivity index (χ0v) is 10.4. The van der Waals surface area contributed by atoms with Gasteiger partial charge in [0, 0.05) is 13.1 Å². The lowest BCUT2D eigenvalue weighted by atomic mass is 10.1. The van der Waals surface area contributed by atoms with Crippen LogP contribution in [0.1, 0.15) is 25.7 Å². The van der Waals surface area contributed by atoms with Crippen molar-refractivity contribution in [2.45, 2.75) is 37.0 Å². The fourth-order valence-electron chi connectivity index (χ4n) is 2.02. The largest absolute Gasteiger partial charge is 0.480 e. The van der Waals surface area contributed by atoms with Crippen molar-refractivity contribution in [3.8, 4) is 0 Å². The molecule has 1 saturated heterocycles. The third-order valence-electron chi connectivity index (χ3n) is 3.15. The van der Waals surface area contributed by atoms with Crippen molar-refractivity contribution in [1.82, 2.24) is 4.31 Å². The average molecular weight is 263 g/mol. The third kappa shape index (κ3) is 3.17. The van der Waals surface area contributed by atoms with E-state index in [-0.39, 0.29) is 18.0 Å². The van der Waals surface area contributed by atoms with Crippen molar-refractivity contribution in [1.29, 1.82) is 0 Å². The van der Waals surface area contributed by atoms with E-state index in [1.165, 1.54) is 4.31 Å². The van der Waals surface area contributed by atoms with Crippen LogP contribution in [0, 0.1) is 0 Å². The minimum absolute atomic E-state index is 0.128. The van der Waals surface area contributed by atoms with Crippen molar-refractivity contribution in [2.24, 2.45) is 0 Å². The topological polar surface area (TPSA) is 83.9 Å². The third-order valence-corrected chi connectivity index (χ3v) is 5.55. The van der Waals surface area contributed by atoms with Gasteiger partial charge >= 0.3 is 5.97 Å². The Labute approximate surface area is 101 Å². The fourth-order valence-corrected chi connectivity index (χ4v) is 3.89. The Balaban J connectivity index is 1.79. The van der Waals surface area contributed by atoms with E-state index in [0.717, 1.165) is 12.8 Å². The fraction of sp³-hybridized carbons (Fsp3) is 0.900. The number of piperidine rings is 1. The van der Waals surface area contributed by atoms with Gasteiger partial charge in [-0.15, -0.1) is 0 Å². The SMILES string of the molecule is O=C(O)COC1CCN(S(=O)(=O)C2CC2)CC1. The Hall–Kier alpha value is -0.660. The molecule has 1 aliphatic carbocycles. The number of nitrogens with zero attached hydrogens (tertiary/aromatic N) is 1. The maximum absolute atomic E-state index is 11.9. The van der Waals surface area contributed by atoms with Crippen molar-refractivity contribution < 1.29 is 23.1 Å². The average Bonchev–Trinajstić information content (AvgIpc) is 3.11. The summed E-state index contributed by atoms with van der Waals surface area (Å²) < 4.78 is 30.5. The van der Waals surface area contributed by atoms with Crippen LogP contribution in [0.5, 0.6) is 0 Å². The van der Waals surface area contributed by atoms with Gasteiger partial charge in [0.05, 0.1) is 11.4 Å². The summed E-state index contributed by atoms with van der Waals surface area (Å²) in [6.07, 6.45) is 2.59.